The van der Waals surface area contributed by atoms with Gasteiger partial charge >= 0.3 is 0 Å². The van der Waals surface area contributed by atoms with E-state index in [1.54, 1.807) is 7.05 Å². The normalized spacial score (nSPS) is 18.5. The fraction of sp³-hybridized carbons (Fsp3) is 0.647. The van der Waals surface area contributed by atoms with Crippen molar-refractivity contribution < 1.29 is 9.53 Å². The molecule has 1 aliphatic rings. The van der Waals surface area contributed by atoms with Crippen LogP contribution in [0.5, 0.6) is 0 Å². The lowest BCUT2D eigenvalue weighted by molar-refractivity contribution is -0.123. The van der Waals surface area contributed by atoms with Crippen LogP contribution < -0.4 is 10.9 Å². The molecule has 0 saturated carbocycles. The first-order valence-electron chi connectivity index (χ1n) is 8.92. The van der Waals surface area contributed by atoms with E-state index in [4.69, 9.17) is 4.74 Å². The van der Waals surface area contributed by atoms with Crippen molar-refractivity contribution in [1.82, 2.24) is 29.5 Å². The van der Waals surface area contributed by atoms with Crippen LogP contribution in [0.25, 0.3) is 11.0 Å². The lowest BCUT2D eigenvalue weighted by atomic mass is 10.2. The van der Waals surface area contributed by atoms with Crippen molar-refractivity contribution >= 4 is 16.9 Å². The second-order valence-corrected chi connectivity index (χ2v) is 7.13. The summed E-state index contributed by atoms with van der Waals surface area (Å²) in [6.07, 6.45) is 2.83. The summed E-state index contributed by atoms with van der Waals surface area (Å²) >= 11 is 0. The number of carbonyl (C=O) groups excluding carboxylic acids is 1. The molecular weight excluding hydrogens is 336 g/mol. The molecule has 0 bridgehead atoms. The minimum atomic E-state index is -0.268. The number of morpholine rings is 1. The summed E-state index contributed by atoms with van der Waals surface area (Å²) in [6, 6.07) is 0. The molecule has 0 spiro atoms. The Morgan fingerprint density at radius 3 is 3.04 bits per heavy atom. The number of ether oxygens (including phenoxy) is 1. The lowest BCUT2D eigenvalue weighted by Gasteiger charge is -2.33. The second kappa shape index (κ2) is 7.96. The summed E-state index contributed by atoms with van der Waals surface area (Å²) in [5.41, 5.74) is 0.239. The molecule has 3 rings (SSSR count). The van der Waals surface area contributed by atoms with E-state index in [1.807, 2.05) is 0 Å². The zero-order valence-corrected chi connectivity index (χ0v) is 15.5. The van der Waals surface area contributed by atoms with E-state index >= 15 is 0 Å². The third-order valence-corrected chi connectivity index (χ3v) is 4.41. The molecule has 1 N–H and O–H groups in total. The Morgan fingerprint density at radius 2 is 2.27 bits per heavy atom. The molecule has 1 amide bonds. The second-order valence-electron chi connectivity index (χ2n) is 7.13. The molecule has 3 heterocycles. The maximum absolute atomic E-state index is 12.4. The molecule has 9 heteroatoms. The molecule has 0 radical (unpaired) electrons. The van der Waals surface area contributed by atoms with Crippen LogP contribution in [-0.2, 0) is 23.1 Å². The van der Waals surface area contributed by atoms with Crippen LogP contribution in [0, 0.1) is 5.92 Å². The van der Waals surface area contributed by atoms with Crippen LogP contribution in [0.2, 0.25) is 0 Å². The van der Waals surface area contributed by atoms with Gasteiger partial charge in [0.25, 0.3) is 5.56 Å². The fourth-order valence-electron chi connectivity index (χ4n) is 3.20. The molecular formula is C17H26N6O3. The number of aryl methyl sites for hydroxylation is 1. The molecule has 9 nitrogen and oxygen atoms in total. The van der Waals surface area contributed by atoms with Gasteiger partial charge in [-0.05, 0) is 5.92 Å². The molecule has 2 aromatic rings. The predicted octanol–water partition coefficient (Wildman–Crippen LogP) is -0.397. The summed E-state index contributed by atoms with van der Waals surface area (Å²) in [5.74, 6) is 0.367. The predicted molar refractivity (Wildman–Crippen MR) is 96.8 cm³/mol. The highest BCUT2D eigenvalue weighted by atomic mass is 16.5. The van der Waals surface area contributed by atoms with Crippen LogP contribution in [-0.4, -0.2) is 69.0 Å². The Balaban J connectivity index is 1.54. The summed E-state index contributed by atoms with van der Waals surface area (Å²) in [5, 5.41) is 7.28. The highest BCUT2D eigenvalue weighted by Gasteiger charge is 2.21. The van der Waals surface area contributed by atoms with E-state index < -0.39 is 0 Å². The van der Waals surface area contributed by atoms with Crippen molar-refractivity contribution in [1.29, 1.82) is 0 Å². The first kappa shape index (κ1) is 18.5. The lowest BCUT2D eigenvalue weighted by Crippen LogP contribution is -2.48. The average molecular weight is 362 g/mol. The van der Waals surface area contributed by atoms with Gasteiger partial charge in [0.05, 0.1) is 18.9 Å². The minimum absolute atomic E-state index is 0.0258. The van der Waals surface area contributed by atoms with Gasteiger partial charge in [0.1, 0.15) is 18.3 Å². The number of aromatic nitrogens is 4. The zero-order chi connectivity index (χ0) is 18.7. The summed E-state index contributed by atoms with van der Waals surface area (Å²) in [6.45, 7) is 8.18. The third kappa shape index (κ3) is 4.28. The van der Waals surface area contributed by atoms with Crippen LogP contribution >= 0.6 is 0 Å². The Hall–Kier alpha value is -2.26. The Bertz CT molecular complexity index is 828. The van der Waals surface area contributed by atoms with Crippen molar-refractivity contribution in [3.05, 3.63) is 22.9 Å². The Kier molecular flexibility index (Phi) is 5.67. The van der Waals surface area contributed by atoms with Crippen LogP contribution in [0.1, 0.15) is 13.8 Å². The third-order valence-electron chi connectivity index (χ3n) is 4.41. The molecule has 1 aliphatic heterocycles. The van der Waals surface area contributed by atoms with Crippen molar-refractivity contribution in [3.63, 3.8) is 0 Å². The highest BCUT2D eigenvalue weighted by Crippen LogP contribution is 2.07. The van der Waals surface area contributed by atoms with Gasteiger partial charge in [-0.1, -0.05) is 13.8 Å². The minimum Gasteiger partial charge on any atom is -0.374 e. The van der Waals surface area contributed by atoms with Gasteiger partial charge in [-0.2, -0.15) is 5.10 Å². The van der Waals surface area contributed by atoms with Gasteiger partial charge < -0.3 is 10.1 Å². The number of hydrogen-bond acceptors (Lipinski definition) is 6. The zero-order valence-electron chi connectivity index (χ0n) is 15.5. The summed E-state index contributed by atoms with van der Waals surface area (Å²) in [4.78, 5) is 31.2. The number of carbonyl (C=O) groups is 1. The Morgan fingerprint density at radius 1 is 1.46 bits per heavy atom. The smallest absolute Gasteiger partial charge is 0.264 e. The molecule has 2 aromatic heterocycles. The van der Waals surface area contributed by atoms with Gasteiger partial charge in [-0.15, -0.1) is 0 Å². The van der Waals surface area contributed by atoms with Crippen molar-refractivity contribution in [2.45, 2.75) is 26.5 Å². The average Bonchev–Trinajstić information content (AvgIpc) is 2.97. The van der Waals surface area contributed by atoms with Gasteiger partial charge in [-0.3, -0.25) is 23.7 Å². The maximum atomic E-state index is 12.4. The van der Waals surface area contributed by atoms with Crippen molar-refractivity contribution in [2.24, 2.45) is 13.0 Å². The van der Waals surface area contributed by atoms with Gasteiger partial charge in [-0.25, -0.2) is 4.98 Å². The largest absolute Gasteiger partial charge is 0.374 e. The van der Waals surface area contributed by atoms with Crippen LogP contribution in [0.15, 0.2) is 17.3 Å². The summed E-state index contributed by atoms with van der Waals surface area (Å²) < 4.78 is 8.56. The standard InChI is InChI=1S/C17H26N6O3/c1-12(2)8-22-4-5-26-13(9-22)6-18-15(24)10-23-11-19-16-14(17(23)25)7-20-21(16)3/h7,11-13H,4-6,8-10H2,1-3H3,(H,18,24). The van der Waals surface area contributed by atoms with E-state index in [0.29, 0.717) is 30.1 Å². The highest BCUT2D eigenvalue weighted by molar-refractivity contribution is 5.77. The quantitative estimate of drug-likeness (QED) is 0.752. The van der Waals surface area contributed by atoms with E-state index in [9.17, 15) is 9.59 Å². The van der Waals surface area contributed by atoms with Gasteiger partial charge in [0.2, 0.25) is 5.91 Å². The van der Waals surface area contributed by atoms with E-state index in [2.05, 4.69) is 34.1 Å². The number of rotatable bonds is 6. The van der Waals surface area contributed by atoms with E-state index in [0.717, 1.165) is 19.6 Å². The van der Waals surface area contributed by atoms with Gasteiger partial charge in [0, 0.05) is 33.2 Å². The van der Waals surface area contributed by atoms with E-state index in [1.165, 1.54) is 21.8 Å². The Labute approximate surface area is 151 Å². The number of fused-ring (bicyclic) bond motifs is 1. The molecule has 0 aliphatic carbocycles. The fourth-order valence-corrected chi connectivity index (χ4v) is 3.20. The molecule has 1 fully saturated rings. The molecule has 142 valence electrons. The molecule has 1 atom stereocenters. The van der Waals surface area contributed by atoms with E-state index in [-0.39, 0.29) is 24.1 Å². The van der Waals surface area contributed by atoms with Crippen LogP contribution in [0.4, 0.5) is 0 Å². The van der Waals surface area contributed by atoms with Crippen molar-refractivity contribution in [2.75, 3.05) is 32.8 Å². The number of hydrogen-bond donors (Lipinski definition) is 1. The number of nitrogens with one attached hydrogen (secondary N) is 1. The van der Waals surface area contributed by atoms with Gasteiger partial charge in [0.15, 0.2) is 5.65 Å². The number of amides is 1. The molecule has 1 saturated heterocycles. The SMILES string of the molecule is CC(C)CN1CCOC(CNC(=O)Cn2cnc3c(cnn3C)c2=O)C1. The number of nitrogens with zero attached hydrogens (tertiary/aromatic N) is 5. The van der Waals surface area contributed by atoms with Crippen molar-refractivity contribution in [3.8, 4) is 0 Å². The molecule has 1 unspecified atom stereocenters. The monoisotopic (exact) mass is 362 g/mol. The maximum Gasteiger partial charge on any atom is 0.264 e. The first-order chi connectivity index (χ1) is 12.4. The topological polar surface area (TPSA) is 94.3 Å². The van der Waals surface area contributed by atoms with Crippen LogP contribution in [0.3, 0.4) is 0 Å². The first-order valence-corrected chi connectivity index (χ1v) is 8.92. The summed E-state index contributed by atoms with van der Waals surface area (Å²) in [7, 11) is 1.72. The molecule has 0 aromatic carbocycles. The molecule has 26 heavy (non-hydrogen) atoms.